The monoisotopic (exact) mass is 747 g/mol. The zero-order valence-electron chi connectivity index (χ0n) is 33.5. The maximum atomic E-state index is 2.52. The molecule has 0 spiro atoms. The summed E-state index contributed by atoms with van der Waals surface area (Å²) < 4.78 is 0. The molecule has 0 saturated heterocycles. The van der Waals surface area contributed by atoms with E-state index in [0.29, 0.717) is 5.92 Å². The molecule has 0 radical (unpaired) electrons. The van der Waals surface area contributed by atoms with Crippen molar-refractivity contribution in [3.8, 4) is 22.3 Å². The van der Waals surface area contributed by atoms with E-state index in [4.69, 9.17) is 0 Å². The summed E-state index contributed by atoms with van der Waals surface area (Å²) in [4.78, 5) is 2.52. The molecular weight excluding hydrogens is 699 g/mol. The fourth-order valence-electron chi connectivity index (χ4n) is 10.2. The van der Waals surface area contributed by atoms with Gasteiger partial charge in [-0.25, -0.2) is 0 Å². The molecule has 0 N–H and O–H groups in total. The Morgan fingerprint density at radius 3 is 1.72 bits per heavy atom. The molecule has 1 nitrogen and oxygen atoms in total. The minimum Gasteiger partial charge on any atom is -0.315 e. The Labute approximate surface area is 344 Å². The first-order chi connectivity index (χ1) is 28.6. The number of benzene rings is 7. The van der Waals surface area contributed by atoms with Gasteiger partial charge >= 0.3 is 0 Å². The number of nitrogens with zero attached hydrogens (tertiary/aromatic N) is 1. The average Bonchev–Trinajstić information content (AvgIpc) is 3.59. The molecular formula is C57H49N. The Bertz CT molecular complexity index is 2650. The maximum absolute atomic E-state index is 2.52. The van der Waals surface area contributed by atoms with Crippen LogP contribution in [-0.2, 0) is 5.41 Å². The first-order valence-electron chi connectivity index (χ1n) is 21.1. The van der Waals surface area contributed by atoms with Crippen LogP contribution < -0.4 is 4.90 Å². The van der Waals surface area contributed by atoms with Gasteiger partial charge in [0, 0.05) is 17.1 Å². The van der Waals surface area contributed by atoms with Gasteiger partial charge in [0.05, 0.1) is 5.41 Å². The molecule has 3 aliphatic carbocycles. The second kappa shape index (κ2) is 15.1. The highest BCUT2D eigenvalue weighted by Crippen LogP contribution is 2.56. The van der Waals surface area contributed by atoms with Gasteiger partial charge in [0.1, 0.15) is 0 Å². The summed E-state index contributed by atoms with van der Waals surface area (Å²) in [6.07, 6.45) is 12.6. The third kappa shape index (κ3) is 6.09. The lowest BCUT2D eigenvalue weighted by Crippen LogP contribution is -2.28. The SMILES string of the molecule is CC1=C(c2cccc(-c3ccc(N(C4=CCC(c5ccccc5)CC4)c4ccc(C5(c6ccccc6)c6ccccc6-c6ccccc65)cc4)cc3)c2C)C=CCC1. The Morgan fingerprint density at radius 1 is 0.517 bits per heavy atom. The molecule has 0 bridgehead atoms. The van der Waals surface area contributed by atoms with E-state index in [-0.39, 0.29) is 0 Å². The molecule has 0 saturated carbocycles. The Morgan fingerprint density at radius 2 is 1.09 bits per heavy atom. The van der Waals surface area contributed by atoms with Gasteiger partial charge in [0.25, 0.3) is 0 Å². The summed E-state index contributed by atoms with van der Waals surface area (Å²) in [5.41, 5.74) is 20.8. The van der Waals surface area contributed by atoms with Crippen molar-refractivity contribution in [2.24, 2.45) is 0 Å². The van der Waals surface area contributed by atoms with Gasteiger partial charge in [-0.2, -0.15) is 0 Å². The smallest absolute Gasteiger partial charge is 0.0713 e. The van der Waals surface area contributed by atoms with Crippen LogP contribution >= 0.6 is 0 Å². The van der Waals surface area contributed by atoms with Crippen LogP contribution in [0.5, 0.6) is 0 Å². The number of hydrogen-bond donors (Lipinski definition) is 0. The zero-order valence-corrected chi connectivity index (χ0v) is 33.5. The second-order valence-electron chi connectivity index (χ2n) is 16.3. The number of anilines is 2. The summed E-state index contributed by atoms with van der Waals surface area (Å²) in [7, 11) is 0. The van der Waals surface area contributed by atoms with Crippen LogP contribution in [0, 0.1) is 6.92 Å². The molecule has 1 atom stereocenters. The molecule has 1 unspecified atom stereocenters. The maximum Gasteiger partial charge on any atom is 0.0713 e. The van der Waals surface area contributed by atoms with Gasteiger partial charge in [-0.05, 0) is 143 Å². The van der Waals surface area contributed by atoms with Crippen molar-refractivity contribution in [1.29, 1.82) is 0 Å². The molecule has 0 amide bonds. The fraction of sp³-hybridized carbons (Fsp3) is 0.158. The quantitative estimate of drug-likeness (QED) is 0.150. The van der Waals surface area contributed by atoms with Gasteiger partial charge in [-0.3, -0.25) is 0 Å². The Hall–Kier alpha value is -6.44. The first-order valence-corrected chi connectivity index (χ1v) is 21.1. The van der Waals surface area contributed by atoms with Gasteiger partial charge in [-0.1, -0.05) is 175 Å². The lowest BCUT2D eigenvalue weighted by atomic mass is 9.67. The third-order valence-corrected chi connectivity index (χ3v) is 13.2. The van der Waals surface area contributed by atoms with Gasteiger partial charge < -0.3 is 4.90 Å². The molecule has 0 fully saturated rings. The van der Waals surface area contributed by atoms with Crippen molar-refractivity contribution < 1.29 is 0 Å². The summed E-state index contributed by atoms with van der Waals surface area (Å²) in [5.74, 6) is 0.540. The number of hydrogen-bond acceptors (Lipinski definition) is 1. The molecule has 282 valence electrons. The van der Waals surface area contributed by atoms with Crippen LogP contribution in [0.4, 0.5) is 11.4 Å². The Kier molecular flexibility index (Phi) is 9.38. The minimum atomic E-state index is -0.416. The number of fused-ring (bicyclic) bond motifs is 3. The molecule has 0 aromatic heterocycles. The predicted octanol–water partition coefficient (Wildman–Crippen LogP) is 15.1. The lowest BCUT2D eigenvalue weighted by Gasteiger charge is -2.35. The van der Waals surface area contributed by atoms with Crippen LogP contribution in [0.15, 0.2) is 205 Å². The predicted molar refractivity (Wildman–Crippen MR) is 245 cm³/mol. The van der Waals surface area contributed by atoms with E-state index in [1.54, 1.807) is 0 Å². The summed E-state index contributed by atoms with van der Waals surface area (Å²) >= 11 is 0. The van der Waals surface area contributed by atoms with E-state index in [1.807, 2.05) is 0 Å². The van der Waals surface area contributed by atoms with E-state index in [9.17, 15) is 0 Å². The molecule has 0 aliphatic heterocycles. The summed E-state index contributed by atoms with van der Waals surface area (Å²) in [5, 5.41) is 0. The number of allylic oxidation sites excluding steroid dienone is 6. The standard InChI is InChI=1S/C57H49N/c1-40-16-9-10-21-50(40)52-25-15-24-51(41(52)2)44-30-36-48(37-31-44)58(47-34-28-43(29-35-47)42-17-5-3-6-18-42)49-38-32-46(33-39-49)57(45-19-7-4-8-20-45)55-26-13-11-22-53(55)54-23-12-14-27-56(54)57/h3-8,10-15,17-27,30-34,36-39,43H,9,16,28-29,35H2,1-2H3. The minimum absolute atomic E-state index is 0.416. The van der Waals surface area contributed by atoms with Crippen molar-refractivity contribution >= 4 is 16.9 Å². The summed E-state index contributed by atoms with van der Waals surface area (Å²) in [6, 6.07) is 65.8. The first kappa shape index (κ1) is 35.9. The normalized spacial score (nSPS) is 16.7. The molecule has 7 aromatic rings. The van der Waals surface area contributed by atoms with Crippen LogP contribution in [0.2, 0.25) is 0 Å². The van der Waals surface area contributed by atoms with Crippen molar-refractivity contribution in [3.63, 3.8) is 0 Å². The molecule has 10 rings (SSSR count). The summed E-state index contributed by atoms with van der Waals surface area (Å²) in [6.45, 7) is 4.57. The third-order valence-electron chi connectivity index (χ3n) is 13.2. The lowest BCUT2D eigenvalue weighted by molar-refractivity contribution is 0.593. The molecule has 58 heavy (non-hydrogen) atoms. The van der Waals surface area contributed by atoms with E-state index in [0.717, 1.165) is 32.1 Å². The highest BCUT2D eigenvalue weighted by Gasteiger charge is 2.45. The van der Waals surface area contributed by atoms with Crippen LogP contribution in [0.25, 0.3) is 27.8 Å². The van der Waals surface area contributed by atoms with Gasteiger partial charge in [0.15, 0.2) is 0 Å². The molecule has 0 heterocycles. The van der Waals surface area contributed by atoms with Gasteiger partial charge in [0.2, 0.25) is 0 Å². The van der Waals surface area contributed by atoms with Crippen LogP contribution in [0.3, 0.4) is 0 Å². The van der Waals surface area contributed by atoms with Crippen molar-refractivity contribution in [2.45, 2.75) is 57.3 Å². The van der Waals surface area contributed by atoms with E-state index < -0.39 is 5.41 Å². The van der Waals surface area contributed by atoms with Crippen LogP contribution in [0.1, 0.15) is 83.9 Å². The largest absolute Gasteiger partial charge is 0.315 e. The highest BCUT2D eigenvalue weighted by atomic mass is 15.1. The van der Waals surface area contributed by atoms with E-state index in [2.05, 4.69) is 213 Å². The molecule has 1 heteroatoms. The average molecular weight is 748 g/mol. The van der Waals surface area contributed by atoms with E-state index in [1.165, 1.54) is 89.4 Å². The fourth-order valence-corrected chi connectivity index (χ4v) is 10.2. The Balaban J connectivity index is 1.06. The van der Waals surface area contributed by atoms with Gasteiger partial charge in [-0.15, -0.1) is 0 Å². The van der Waals surface area contributed by atoms with Crippen molar-refractivity contribution in [3.05, 3.63) is 244 Å². The zero-order chi connectivity index (χ0) is 39.1. The van der Waals surface area contributed by atoms with Crippen molar-refractivity contribution in [1.82, 2.24) is 0 Å². The number of rotatable bonds is 8. The highest BCUT2D eigenvalue weighted by molar-refractivity contribution is 5.87. The molecule has 3 aliphatic rings. The van der Waals surface area contributed by atoms with Crippen molar-refractivity contribution in [2.75, 3.05) is 4.90 Å². The topological polar surface area (TPSA) is 3.24 Å². The van der Waals surface area contributed by atoms with Crippen LogP contribution in [-0.4, -0.2) is 0 Å². The van der Waals surface area contributed by atoms with E-state index >= 15 is 0 Å². The second-order valence-corrected chi connectivity index (χ2v) is 16.3. The molecule has 7 aromatic carbocycles.